The molecule has 1 N–H and O–H groups in total. The van der Waals surface area contributed by atoms with Gasteiger partial charge >= 0.3 is 6.18 Å². The van der Waals surface area contributed by atoms with Crippen LogP contribution in [0.25, 0.3) is 0 Å². The third-order valence-corrected chi connectivity index (χ3v) is 7.10. The first-order chi connectivity index (χ1) is 12.5. The monoisotopic (exact) mass is 440 g/mol. The molecular weight excluding hydrogens is 425 g/mol. The lowest BCUT2D eigenvalue weighted by atomic mass is 10.1. The predicted octanol–water partition coefficient (Wildman–Crippen LogP) is 3.40. The maximum absolute atomic E-state index is 12.5. The highest BCUT2D eigenvalue weighted by atomic mass is 35.5. The number of rotatable bonds is 7. The Morgan fingerprint density at radius 1 is 1.19 bits per heavy atom. The van der Waals surface area contributed by atoms with Gasteiger partial charge in [0.1, 0.15) is 4.21 Å². The van der Waals surface area contributed by atoms with Crippen LogP contribution < -0.4 is 5.32 Å². The van der Waals surface area contributed by atoms with Gasteiger partial charge in [-0.15, -0.1) is 11.3 Å². The Balaban J connectivity index is 1.84. The van der Waals surface area contributed by atoms with Crippen molar-refractivity contribution in [1.82, 2.24) is 9.62 Å². The highest BCUT2D eigenvalue weighted by molar-refractivity contribution is 7.91. The lowest BCUT2D eigenvalue weighted by Crippen LogP contribution is -2.38. The molecular formula is C16H16ClF3N2O3S2. The van der Waals surface area contributed by atoms with Crippen LogP contribution in [0.1, 0.15) is 11.1 Å². The minimum Gasteiger partial charge on any atom is -0.355 e. The van der Waals surface area contributed by atoms with Gasteiger partial charge in [-0.05, 0) is 36.2 Å². The molecule has 0 fully saturated rings. The third kappa shape index (κ3) is 5.93. The standard InChI is InChI=1S/C16H16ClF3N2O3S2/c1-22(27(24,25)15-7-6-13(17)26-15)10-14(23)21-9-8-11-2-4-12(5-3-11)16(18,19)20/h2-7H,8-10H2,1H3,(H,21,23). The summed E-state index contributed by atoms with van der Waals surface area (Å²) in [6, 6.07) is 7.45. The average Bonchev–Trinajstić information content (AvgIpc) is 3.01. The van der Waals surface area contributed by atoms with Crippen LogP contribution >= 0.6 is 22.9 Å². The Labute approximate surface area is 163 Å². The van der Waals surface area contributed by atoms with Crippen molar-refractivity contribution in [1.29, 1.82) is 0 Å². The Hall–Kier alpha value is -1.62. The van der Waals surface area contributed by atoms with E-state index in [0.717, 1.165) is 27.8 Å². The largest absolute Gasteiger partial charge is 0.416 e. The summed E-state index contributed by atoms with van der Waals surface area (Å²) in [7, 11) is -2.53. The summed E-state index contributed by atoms with van der Waals surface area (Å²) in [6.07, 6.45) is -4.07. The van der Waals surface area contributed by atoms with E-state index in [1.54, 1.807) is 0 Å². The molecule has 0 radical (unpaired) electrons. The summed E-state index contributed by atoms with van der Waals surface area (Å²) >= 11 is 6.62. The maximum Gasteiger partial charge on any atom is 0.416 e. The van der Waals surface area contributed by atoms with Crippen LogP contribution in [-0.4, -0.2) is 38.8 Å². The number of halogens is 4. The number of nitrogens with zero attached hydrogens (tertiary/aromatic N) is 1. The van der Waals surface area contributed by atoms with Crippen molar-refractivity contribution in [2.24, 2.45) is 0 Å². The van der Waals surface area contributed by atoms with Gasteiger partial charge < -0.3 is 5.32 Å². The van der Waals surface area contributed by atoms with Gasteiger partial charge in [-0.25, -0.2) is 8.42 Å². The highest BCUT2D eigenvalue weighted by Gasteiger charge is 2.30. The molecule has 0 aliphatic rings. The Morgan fingerprint density at radius 3 is 2.33 bits per heavy atom. The van der Waals surface area contributed by atoms with Crippen LogP contribution in [0.3, 0.4) is 0 Å². The number of amides is 1. The number of alkyl halides is 3. The molecule has 0 aliphatic carbocycles. The van der Waals surface area contributed by atoms with E-state index in [4.69, 9.17) is 11.6 Å². The van der Waals surface area contributed by atoms with Gasteiger partial charge in [0, 0.05) is 13.6 Å². The van der Waals surface area contributed by atoms with Gasteiger partial charge in [0.2, 0.25) is 5.91 Å². The molecule has 0 aliphatic heterocycles. The second-order valence-corrected chi connectivity index (χ2v) is 9.60. The number of likely N-dealkylation sites (N-methyl/N-ethyl adjacent to an activating group) is 1. The van der Waals surface area contributed by atoms with Gasteiger partial charge in [-0.1, -0.05) is 23.7 Å². The topological polar surface area (TPSA) is 66.5 Å². The second-order valence-electron chi connectivity index (χ2n) is 5.61. The van der Waals surface area contributed by atoms with E-state index in [0.29, 0.717) is 16.3 Å². The molecule has 1 aromatic heterocycles. The van der Waals surface area contributed by atoms with Crippen LogP contribution in [0.2, 0.25) is 4.34 Å². The third-order valence-electron chi connectivity index (χ3n) is 3.60. The van der Waals surface area contributed by atoms with Crippen molar-refractivity contribution in [3.8, 4) is 0 Å². The van der Waals surface area contributed by atoms with E-state index in [1.807, 2.05) is 0 Å². The van der Waals surface area contributed by atoms with Gasteiger partial charge in [-0.3, -0.25) is 4.79 Å². The molecule has 148 valence electrons. The lowest BCUT2D eigenvalue weighted by Gasteiger charge is -2.15. The van der Waals surface area contributed by atoms with Crippen LogP contribution in [0.4, 0.5) is 13.2 Å². The zero-order chi connectivity index (χ0) is 20.2. The van der Waals surface area contributed by atoms with Crippen molar-refractivity contribution in [3.63, 3.8) is 0 Å². The summed E-state index contributed by atoms with van der Waals surface area (Å²) in [5.41, 5.74) is -0.117. The molecule has 27 heavy (non-hydrogen) atoms. The molecule has 5 nitrogen and oxygen atoms in total. The molecule has 0 saturated heterocycles. The normalized spacial score (nSPS) is 12.4. The lowest BCUT2D eigenvalue weighted by molar-refractivity contribution is -0.137. The number of hydrogen-bond donors (Lipinski definition) is 1. The molecule has 0 spiro atoms. The Morgan fingerprint density at radius 2 is 1.81 bits per heavy atom. The van der Waals surface area contributed by atoms with Gasteiger partial charge in [0.25, 0.3) is 10.0 Å². The number of sulfonamides is 1. The molecule has 1 heterocycles. The first-order valence-corrected chi connectivity index (χ1v) is 10.3. The number of nitrogens with one attached hydrogen (secondary N) is 1. The number of carbonyl (C=O) groups is 1. The maximum atomic E-state index is 12.5. The molecule has 1 aromatic carbocycles. The second kappa shape index (κ2) is 8.59. The first kappa shape index (κ1) is 21.7. The summed E-state index contributed by atoms with van der Waals surface area (Å²) in [4.78, 5) is 11.9. The molecule has 2 rings (SSSR count). The Bertz CT molecular complexity index is 896. The number of carbonyl (C=O) groups excluding carboxylic acids is 1. The quantitative estimate of drug-likeness (QED) is 0.717. The molecule has 0 unspecified atom stereocenters. The van der Waals surface area contributed by atoms with Crippen LogP contribution in [-0.2, 0) is 27.4 Å². The van der Waals surface area contributed by atoms with Crippen molar-refractivity contribution in [2.45, 2.75) is 16.8 Å². The van der Waals surface area contributed by atoms with E-state index in [1.165, 1.54) is 31.3 Å². The minimum absolute atomic E-state index is 0.0348. The summed E-state index contributed by atoms with van der Waals surface area (Å²) in [5.74, 6) is -0.518. The number of hydrogen-bond acceptors (Lipinski definition) is 4. The van der Waals surface area contributed by atoms with Crippen LogP contribution in [0.5, 0.6) is 0 Å². The summed E-state index contributed by atoms with van der Waals surface area (Å²) in [6.45, 7) is -0.215. The summed E-state index contributed by atoms with van der Waals surface area (Å²) in [5, 5.41) is 2.55. The molecule has 0 saturated carbocycles. The van der Waals surface area contributed by atoms with Crippen LogP contribution in [0.15, 0.2) is 40.6 Å². The van der Waals surface area contributed by atoms with Gasteiger partial charge in [-0.2, -0.15) is 17.5 Å². The zero-order valence-electron chi connectivity index (χ0n) is 14.1. The Kier molecular flexibility index (Phi) is 6.90. The fourth-order valence-electron chi connectivity index (χ4n) is 2.14. The SMILES string of the molecule is CN(CC(=O)NCCc1ccc(C(F)(F)F)cc1)S(=O)(=O)c1ccc(Cl)s1. The fraction of sp³-hybridized carbons (Fsp3) is 0.312. The van der Waals surface area contributed by atoms with Gasteiger partial charge in [0.05, 0.1) is 16.4 Å². The molecule has 0 atom stereocenters. The van der Waals surface area contributed by atoms with E-state index in [2.05, 4.69) is 5.32 Å². The van der Waals surface area contributed by atoms with Crippen molar-refractivity contribution in [2.75, 3.05) is 20.1 Å². The smallest absolute Gasteiger partial charge is 0.355 e. The fourth-order valence-corrected chi connectivity index (χ4v) is 4.96. The van der Waals surface area contributed by atoms with Crippen molar-refractivity contribution < 1.29 is 26.4 Å². The highest BCUT2D eigenvalue weighted by Crippen LogP contribution is 2.29. The average molecular weight is 441 g/mol. The van der Waals surface area contributed by atoms with E-state index in [-0.39, 0.29) is 17.3 Å². The van der Waals surface area contributed by atoms with E-state index >= 15 is 0 Å². The first-order valence-electron chi connectivity index (χ1n) is 7.64. The molecule has 2 aromatic rings. The number of thiophene rings is 1. The van der Waals surface area contributed by atoms with Crippen molar-refractivity contribution >= 4 is 38.9 Å². The number of benzene rings is 1. The summed E-state index contributed by atoms with van der Waals surface area (Å²) < 4.78 is 63.4. The zero-order valence-corrected chi connectivity index (χ0v) is 16.5. The van der Waals surface area contributed by atoms with Gasteiger partial charge in [0.15, 0.2) is 0 Å². The van der Waals surface area contributed by atoms with Crippen LogP contribution in [0, 0.1) is 0 Å². The molecule has 11 heteroatoms. The molecule has 0 bridgehead atoms. The minimum atomic E-state index is -4.39. The molecule has 1 amide bonds. The predicted molar refractivity (Wildman–Crippen MR) is 97.3 cm³/mol. The van der Waals surface area contributed by atoms with E-state index < -0.39 is 27.7 Å². The van der Waals surface area contributed by atoms with Crippen molar-refractivity contribution in [3.05, 3.63) is 51.9 Å². The van der Waals surface area contributed by atoms with E-state index in [9.17, 15) is 26.4 Å².